The molecule has 6 nitrogen and oxygen atoms in total. The summed E-state index contributed by atoms with van der Waals surface area (Å²) in [5.74, 6) is -0.256. The first-order chi connectivity index (χ1) is 10.4. The van der Waals surface area contributed by atoms with Crippen LogP contribution >= 0.6 is 0 Å². The Balaban J connectivity index is 2.23. The van der Waals surface area contributed by atoms with Crippen LogP contribution in [0.15, 0.2) is 47.5 Å². The van der Waals surface area contributed by atoms with E-state index in [2.05, 4.69) is 15.0 Å². The first-order valence-corrected chi connectivity index (χ1v) is 8.14. The molecular weight excluding hydrogens is 302 g/mol. The first kappa shape index (κ1) is 16.1. The fourth-order valence-electron chi connectivity index (χ4n) is 1.92. The number of aromatic nitrogens is 1. The van der Waals surface area contributed by atoms with Gasteiger partial charge in [0.15, 0.2) is 0 Å². The van der Waals surface area contributed by atoms with Gasteiger partial charge in [0, 0.05) is 18.8 Å². The number of rotatable bonds is 5. The predicted octanol–water partition coefficient (Wildman–Crippen LogP) is 1.83. The van der Waals surface area contributed by atoms with Gasteiger partial charge in [-0.3, -0.25) is 9.78 Å². The van der Waals surface area contributed by atoms with Crippen LogP contribution < -0.4 is 10.0 Å². The standard InChI is InChI=1S/C15H17N3O3S/c1-11-6-7-13(18-12(2)19)9-15(11)22(20,21)17-10-14-5-3-4-8-16-14/h3-9,17H,10H2,1-2H3,(H,18,19). The van der Waals surface area contributed by atoms with E-state index >= 15 is 0 Å². The number of amides is 1. The molecule has 0 fully saturated rings. The molecule has 1 aromatic heterocycles. The molecule has 116 valence electrons. The van der Waals surface area contributed by atoms with Gasteiger partial charge in [0.05, 0.1) is 17.1 Å². The van der Waals surface area contributed by atoms with Crippen molar-refractivity contribution in [2.24, 2.45) is 0 Å². The molecule has 1 aromatic carbocycles. The van der Waals surface area contributed by atoms with E-state index in [0.29, 0.717) is 16.9 Å². The van der Waals surface area contributed by atoms with Crippen LogP contribution in [0.5, 0.6) is 0 Å². The second kappa shape index (κ2) is 6.67. The molecule has 0 radical (unpaired) electrons. The highest BCUT2D eigenvalue weighted by Crippen LogP contribution is 2.20. The molecule has 0 spiro atoms. The van der Waals surface area contributed by atoms with Gasteiger partial charge in [-0.15, -0.1) is 0 Å². The number of anilines is 1. The number of carbonyl (C=O) groups excluding carboxylic acids is 1. The zero-order valence-corrected chi connectivity index (χ0v) is 13.1. The summed E-state index contributed by atoms with van der Waals surface area (Å²) in [5.41, 5.74) is 1.67. The topological polar surface area (TPSA) is 88.2 Å². The molecule has 1 amide bonds. The minimum atomic E-state index is -3.69. The molecule has 7 heteroatoms. The maximum absolute atomic E-state index is 12.4. The van der Waals surface area contributed by atoms with Gasteiger partial charge in [-0.2, -0.15) is 0 Å². The molecule has 2 aromatic rings. The lowest BCUT2D eigenvalue weighted by Crippen LogP contribution is -2.24. The Morgan fingerprint density at radius 1 is 1.23 bits per heavy atom. The van der Waals surface area contributed by atoms with Gasteiger partial charge in [0.2, 0.25) is 15.9 Å². The number of hydrogen-bond donors (Lipinski definition) is 2. The van der Waals surface area contributed by atoms with E-state index < -0.39 is 10.0 Å². The molecule has 0 aliphatic rings. The van der Waals surface area contributed by atoms with Crippen LogP contribution in [-0.2, 0) is 21.4 Å². The Labute approximate surface area is 129 Å². The van der Waals surface area contributed by atoms with Crippen molar-refractivity contribution in [1.29, 1.82) is 0 Å². The number of benzene rings is 1. The van der Waals surface area contributed by atoms with Crippen molar-refractivity contribution in [2.45, 2.75) is 25.3 Å². The summed E-state index contributed by atoms with van der Waals surface area (Å²) in [6, 6.07) is 10.0. The summed E-state index contributed by atoms with van der Waals surface area (Å²) in [5, 5.41) is 2.57. The van der Waals surface area contributed by atoms with Gasteiger partial charge >= 0.3 is 0 Å². The van der Waals surface area contributed by atoms with Gasteiger partial charge in [0.25, 0.3) is 0 Å². The third-order valence-corrected chi connectivity index (χ3v) is 4.51. The molecule has 0 atom stereocenters. The minimum Gasteiger partial charge on any atom is -0.326 e. The average Bonchev–Trinajstić information content (AvgIpc) is 2.48. The second-order valence-electron chi connectivity index (χ2n) is 4.81. The summed E-state index contributed by atoms with van der Waals surface area (Å²) in [6.07, 6.45) is 1.60. The summed E-state index contributed by atoms with van der Waals surface area (Å²) >= 11 is 0. The highest BCUT2D eigenvalue weighted by Gasteiger charge is 2.17. The SMILES string of the molecule is CC(=O)Nc1ccc(C)c(S(=O)(=O)NCc2ccccn2)c1. The zero-order chi connectivity index (χ0) is 16.2. The van der Waals surface area contributed by atoms with Crippen LogP contribution in [-0.4, -0.2) is 19.3 Å². The van der Waals surface area contributed by atoms with Gasteiger partial charge in [-0.25, -0.2) is 13.1 Å². The van der Waals surface area contributed by atoms with E-state index in [1.807, 2.05) is 0 Å². The average molecular weight is 319 g/mol. The normalized spacial score (nSPS) is 11.2. The van der Waals surface area contributed by atoms with Gasteiger partial charge in [-0.1, -0.05) is 12.1 Å². The van der Waals surface area contributed by atoms with Crippen LogP contribution in [0.1, 0.15) is 18.2 Å². The predicted molar refractivity (Wildman–Crippen MR) is 83.7 cm³/mol. The molecular formula is C15H17N3O3S. The minimum absolute atomic E-state index is 0.104. The monoisotopic (exact) mass is 319 g/mol. The summed E-state index contributed by atoms with van der Waals surface area (Å²) in [7, 11) is -3.69. The van der Waals surface area contributed by atoms with E-state index in [4.69, 9.17) is 0 Å². The second-order valence-corrected chi connectivity index (χ2v) is 6.54. The van der Waals surface area contributed by atoms with Crippen molar-refractivity contribution < 1.29 is 13.2 Å². The highest BCUT2D eigenvalue weighted by atomic mass is 32.2. The van der Waals surface area contributed by atoms with Crippen LogP contribution in [0.3, 0.4) is 0 Å². The number of hydrogen-bond acceptors (Lipinski definition) is 4. The lowest BCUT2D eigenvalue weighted by atomic mass is 10.2. The highest BCUT2D eigenvalue weighted by molar-refractivity contribution is 7.89. The van der Waals surface area contributed by atoms with Gasteiger partial charge in [-0.05, 0) is 36.8 Å². The van der Waals surface area contributed by atoms with Crippen molar-refractivity contribution in [2.75, 3.05) is 5.32 Å². The van der Waals surface area contributed by atoms with E-state index in [0.717, 1.165) is 0 Å². The van der Waals surface area contributed by atoms with E-state index in [1.54, 1.807) is 43.5 Å². The van der Waals surface area contributed by atoms with E-state index in [-0.39, 0.29) is 17.3 Å². The molecule has 1 heterocycles. The van der Waals surface area contributed by atoms with Crippen molar-refractivity contribution >= 4 is 21.6 Å². The molecule has 0 aliphatic carbocycles. The lowest BCUT2D eigenvalue weighted by Gasteiger charge is -2.11. The molecule has 0 bridgehead atoms. The molecule has 0 unspecified atom stereocenters. The number of nitrogens with one attached hydrogen (secondary N) is 2. The largest absolute Gasteiger partial charge is 0.326 e. The Hall–Kier alpha value is -2.25. The smallest absolute Gasteiger partial charge is 0.241 e. The molecule has 0 aliphatic heterocycles. The molecule has 2 rings (SSSR count). The van der Waals surface area contributed by atoms with Crippen molar-refractivity contribution in [3.63, 3.8) is 0 Å². The third kappa shape index (κ3) is 4.12. The molecule has 22 heavy (non-hydrogen) atoms. The molecule has 0 saturated carbocycles. The Kier molecular flexibility index (Phi) is 4.89. The zero-order valence-electron chi connectivity index (χ0n) is 12.3. The van der Waals surface area contributed by atoms with Gasteiger partial charge in [0.1, 0.15) is 0 Å². The van der Waals surface area contributed by atoms with Crippen LogP contribution in [0, 0.1) is 6.92 Å². The van der Waals surface area contributed by atoms with Crippen LogP contribution in [0.25, 0.3) is 0 Å². The number of carbonyl (C=O) groups is 1. The summed E-state index contributed by atoms with van der Waals surface area (Å²) < 4.78 is 27.3. The van der Waals surface area contributed by atoms with E-state index in [1.165, 1.54) is 13.0 Å². The van der Waals surface area contributed by atoms with Crippen molar-refractivity contribution in [3.05, 3.63) is 53.9 Å². The summed E-state index contributed by atoms with van der Waals surface area (Å²) in [4.78, 5) is 15.3. The number of aryl methyl sites for hydroxylation is 1. The fraction of sp³-hybridized carbons (Fsp3) is 0.200. The Morgan fingerprint density at radius 3 is 2.64 bits per heavy atom. The van der Waals surface area contributed by atoms with E-state index in [9.17, 15) is 13.2 Å². The maximum Gasteiger partial charge on any atom is 0.241 e. The number of nitrogens with zero attached hydrogens (tertiary/aromatic N) is 1. The Bertz CT molecular complexity index is 774. The van der Waals surface area contributed by atoms with Crippen molar-refractivity contribution in [1.82, 2.24) is 9.71 Å². The Morgan fingerprint density at radius 2 is 2.00 bits per heavy atom. The quantitative estimate of drug-likeness (QED) is 0.880. The summed E-state index contributed by atoms with van der Waals surface area (Å²) in [6.45, 7) is 3.17. The maximum atomic E-state index is 12.4. The van der Waals surface area contributed by atoms with Crippen molar-refractivity contribution in [3.8, 4) is 0 Å². The molecule has 0 saturated heterocycles. The lowest BCUT2D eigenvalue weighted by molar-refractivity contribution is -0.114. The molecule has 2 N–H and O–H groups in total. The van der Waals surface area contributed by atoms with Gasteiger partial charge < -0.3 is 5.32 Å². The fourth-order valence-corrected chi connectivity index (χ4v) is 3.19. The number of sulfonamides is 1. The first-order valence-electron chi connectivity index (χ1n) is 6.66. The van der Waals surface area contributed by atoms with Crippen LogP contribution in [0.2, 0.25) is 0 Å². The van der Waals surface area contributed by atoms with Crippen LogP contribution in [0.4, 0.5) is 5.69 Å². The number of pyridine rings is 1. The third-order valence-electron chi connectivity index (χ3n) is 2.97.